The SMILES string of the molecule is Cc1nc(OCC(=O)NCCc2ccccc2)c(C#N)c2c1COC(C)(C)C2. The number of nitrogens with zero attached hydrogens (tertiary/aromatic N) is 2. The molecule has 0 saturated heterocycles. The van der Waals surface area contributed by atoms with Gasteiger partial charge in [-0.3, -0.25) is 4.79 Å². The highest BCUT2D eigenvalue weighted by Gasteiger charge is 2.31. The zero-order chi connectivity index (χ0) is 20.1. The van der Waals surface area contributed by atoms with Gasteiger partial charge in [-0.2, -0.15) is 5.26 Å². The van der Waals surface area contributed by atoms with Crippen LogP contribution in [0.5, 0.6) is 5.88 Å². The van der Waals surface area contributed by atoms with E-state index < -0.39 is 0 Å². The van der Waals surface area contributed by atoms with Gasteiger partial charge in [-0.15, -0.1) is 0 Å². The highest BCUT2D eigenvalue weighted by molar-refractivity contribution is 5.77. The zero-order valence-corrected chi connectivity index (χ0v) is 16.5. The van der Waals surface area contributed by atoms with Crippen LogP contribution in [0.25, 0.3) is 0 Å². The minimum absolute atomic E-state index is 0.172. The van der Waals surface area contributed by atoms with Crippen LogP contribution in [0.4, 0.5) is 0 Å². The summed E-state index contributed by atoms with van der Waals surface area (Å²) in [6.45, 7) is 6.64. The number of pyridine rings is 1. The van der Waals surface area contributed by atoms with E-state index in [-0.39, 0.29) is 24.0 Å². The Morgan fingerprint density at radius 1 is 1.32 bits per heavy atom. The molecule has 2 heterocycles. The molecule has 0 aliphatic carbocycles. The van der Waals surface area contributed by atoms with Gasteiger partial charge in [-0.1, -0.05) is 30.3 Å². The van der Waals surface area contributed by atoms with Crippen LogP contribution in [0.2, 0.25) is 0 Å². The lowest BCUT2D eigenvalue weighted by Gasteiger charge is -2.33. The molecule has 1 N–H and O–H groups in total. The molecule has 1 aromatic carbocycles. The number of nitriles is 1. The zero-order valence-electron chi connectivity index (χ0n) is 16.5. The number of aryl methyl sites for hydroxylation is 1. The van der Waals surface area contributed by atoms with E-state index in [0.717, 1.165) is 28.8 Å². The van der Waals surface area contributed by atoms with E-state index in [1.54, 1.807) is 0 Å². The highest BCUT2D eigenvalue weighted by Crippen LogP contribution is 2.34. The maximum Gasteiger partial charge on any atom is 0.258 e. The summed E-state index contributed by atoms with van der Waals surface area (Å²) in [5.74, 6) is -0.0182. The lowest BCUT2D eigenvalue weighted by Crippen LogP contribution is -2.34. The van der Waals surface area contributed by atoms with Gasteiger partial charge in [0, 0.05) is 24.2 Å². The summed E-state index contributed by atoms with van der Waals surface area (Å²) in [6.07, 6.45) is 1.36. The molecule has 0 spiro atoms. The van der Waals surface area contributed by atoms with Crippen molar-refractivity contribution in [2.75, 3.05) is 13.2 Å². The van der Waals surface area contributed by atoms with Gasteiger partial charge in [0.1, 0.15) is 11.6 Å². The molecule has 1 aliphatic heterocycles. The lowest BCUT2D eigenvalue weighted by molar-refractivity contribution is -0.123. The summed E-state index contributed by atoms with van der Waals surface area (Å²) in [6, 6.07) is 12.2. The summed E-state index contributed by atoms with van der Waals surface area (Å²) >= 11 is 0. The number of benzene rings is 1. The number of rotatable bonds is 6. The molecule has 28 heavy (non-hydrogen) atoms. The molecule has 0 radical (unpaired) electrons. The van der Waals surface area contributed by atoms with Crippen molar-refractivity contribution in [3.63, 3.8) is 0 Å². The van der Waals surface area contributed by atoms with Gasteiger partial charge < -0.3 is 14.8 Å². The predicted molar refractivity (Wildman–Crippen MR) is 105 cm³/mol. The number of carbonyl (C=O) groups is 1. The van der Waals surface area contributed by atoms with Gasteiger partial charge >= 0.3 is 0 Å². The summed E-state index contributed by atoms with van der Waals surface area (Å²) in [5.41, 5.74) is 3.82. The van der Waals surface area contributed by atoms with Crippen LogP contribution < -0.4 is 10.1 Å². The average Bonchev–Trinajstić information content (AvgIpc) is 2.66. The first-order valence-corrected chi connectivity index (χ1v) is 9.39. The number of hydrogen-bond donors (Lipinski definition) is 1. The Hall–Kier alpha value is -2.91. The third-order valence-electron chi connectivity index (χ3n) is 4.83. The molecule has 1 aromatic heterocycles. The number of hydrogen-bond acceptors (Lipinski definition) is 5. The Morgan fingerprint density at radius 3 is 2.79 bits per heavy atom. The van der Waals surface area contributed by atoms with Gasteiger partial charge in [0.05, 0.1) is 12.2 Å². The number of aromatic nitrogens is 1. The minimum Gasteiger partial charge on any atom is -0.467 e. The molecule has 1 amide bonds. The van der Waals surface area contributed by atoms with Crippen molar-refractivity contribution >= 4 is 5.91 Å². The lowest BCUT2D eigenvalue weighted by atomic mass is 9.88. The second-order valence-corrected chi connectivity index (χ2v) is 7.55. The molecular formula is C22H25N3O3. The van der Waals surface area contributed by atoms with Crippen LogP contribution in [0.3, 0.4) is 0 Å². The van der Waals surface area contributed by atoms with Gasteiger partial charge in [-0.25, -0.2) is 4.98 Å². The molecule has 0 unspecified atom stereocenters. The minimum atomic E-state index is -0.349. The molecule has 6 heteroatoms. The number of carbonyl (C=O) groups excluding carboxylic acids is 1. The summed E-state index contributed by atoms with van der Waals surface area (Å²) in [7, 11) is 0. The predicted octanol–water partition coefficient (Wildman–Crippen LogP) is 2.85. The summed E-state index contributed by atoms with van der Waals surface area (Å²) in [4.78, 5) is 16.5. The van der Waals surface area contributed by atoms with Gasteiger partial charge in [-0.05, 0) is 38.3 Å². The second kappa shape index (κ2) is 8.41. The maximum atomic E-state index is 12.1. The number of nitrogens with one attached hydrogen (secondary N) is 1. The first-order chi connectivity index (χ1) is 13.4. The summed E-state index contributed by atoms with van der Waals surface area (Å²) in [5, 5.41) is 12.5. The quantitative estimate of drug-likeness (QED) is 0.834. The molecule has 1 aliphatic rings. The van der Waals surface area contributed by atoms with Crippen molar-refractivity contribution in [1.29, 1.82) is 5.26 Å². The third-order valence-corrected chi connectivity index (χ3v) is 4.83. The van der Waals surface area contributed by atoms with Crippen molar-refractivity contribution in [1.82, 2.24) is 10.3 Å². The van der Waals surface area contributed by atoms with Crippen LogP contribution in [0, 0.1) is 18.3 Å². The smallest absolute Gasteiger partial charge is 0.258 e. The monoisotopic (exact) mass is 379 g/mol. The van der Waals surface area contributed by atoms with Gasteiger partial charge in [0.2, 0.25) is 5.88 Å². The van der Waals surface area contributed by atoms with Gasteiger partial charge in [0.15, 0.2) is 6.61 Å². The molecule has 2 aromatic rings. The van der Waals surface area contributed by atoms with Crippen molar-refractivity contribution in [3.8, 4) is 11.9 Å². The van der Waals surface area contributed by atoms with Crippen molar-refractivity contribution in [2.24, 2.45) is 0 Å². The van der Waals surface area contributed by atoms with Gasteiger partial charge in [0.25, 0.3) is 5.91 Å². The number of ether oxygens (including phenoxy) is 2. The number of fused-ring (bicyclic) bond motifs is 1. The maximum absolute atomic E-state index is 12.1. The summed E-state index contributed by atoms with van der Waals surface area (Å²) < 4.78 is 11.5. The van der Waals surface area contributed by atoms with Crippen molar-refractivity contribution in [2.45, 2.75) is 45.8 Å². The Labute approximate surface area is 165 Å². The molecule has 0 fully saturated rings. The van der Waals surface area contributed by atoms with E-state index in [0.29, 0.717) is 25.1 Å². The molecule has 0 saturated carbocycles. The Kier molecular flexibility index (Phi) is 5.96. The molecule has 3 rings (SSSR count). The van der Waals surface area contributed by atoms with E-state index in [1.807, 2.05) is 51.1 Å². The van der Waals surface area contributed by atoms with E-state index >= 15 is 0 Å². The molecule has 0 atom stereocenters. The van der Waals surface area contributed by atoms with Crippen molar-refractivity contribution < 1.29 is 14.3 Å². The Bertz CT molecular complexity index is 901. The standard InChI is InChI=1S/C22H25N3O3/c1-15-19-13-28-22(2,3)11-17(19)18(12-23)21(25-15)27-14-20(26)24-10-9-16-7-5-4-6-8-16/h4-8H,9-11,13-14H2,1-3H3,(H,24,26). The molecule has 146 valence electrons. The van der Waals surface area contributed by atoms with Crippen LogP contribution in [0.15, 0.2) is 30.3 Å². The fraction of sp³-hybridized carbons (Fsp3) is 0.409. The molecular weight excluding hydrogens is 354 g/mol. The molecule has 6 nitrogen and oxygen atoms in total. The number of amides is 1. The third kappa shape index (κ3) is 4.68. The average molecular weight is 379 g/mol. The van der Waals surface area contributed by atoms with Crippen LogP contribution in [0.1, 0.15) is 41.8 Å². The topological polar surface area (TPSA) is 84.2 Å². The van der Waals surface area contributed by atoms with E-state index in [1.165, 1.54) is 0 Å². The Morgan fingerprint density at radius 2 is 2.07 bits per heavy atom. The van der Waals surface area contributed by atoms with E-state index in [9.17, 15) is 10.1 Å². The largest absolute Gasteiger partial charge is 0.467 e. The van der Waals surface area contributed by atoms with Crippen molar-refractivity contribution in [3.05, 3.63) is 58.3 Å². The van der Waals surface area contributed by atoms with Crippen LogP contribution in [-0.4, -0.2) is 29.6 Å². The van der Waals surface area contributed by atoms with Crippen LogP contribution in [-0.2, 0) is 29.0 Å². The van der Waals surface area contributed by atoms with E-state index in [2.05, 4.69) is 16.4 Å². The fourth-order valence-corrected chi connectivity index (χ4v) is 3.30. The van der Waals surface area contributed by atoms with E-state index in [4.69, 9.17) is 9.47 Å². The second-order valence-electron chi connectivity index (χ2n) is 7.55. The molecule has 0 bridgehead atoms. The first kappa shape index (κ1) is 19.8. The fourth-order valence-electron chi connectivity index (χ4n) is 3.30. The first-order valence-electron chi connectivity index (χ1n) is 9.39. The normalized spacial score (nSPS) is 14.6. The Balaban J connectivity index is 1.63. The highest BCUT2D eigenvalue weighted by atomic mass is 16.5. The van der Waals surface area contributed by atoms with Crippen LogP contribution >= 0.6 is 0 Å².